The minimum Gasteiger partial charge on any atom is -0.237 e. The third-order valence-corrected chi connectivity index (χ3v) is 3.66. The van der Waals surface area contributed by atoms with E-state index in [1.54, 1.807) is 6.20 Å². The van der Waals surface area contributed by atoms with Crippen LogP contribution in [0.4, 0.5) is 0 Å². The Hall–Kier alpha value is -1.09. The first-order valence-corrected chi connectivity index (χ1v) is 6.31. The average Bonchev–Trinajstić information content (AvgIpc) is 2.95. The van der Waals surface area contributed by atoms with Crippen LogP contribution in [0.5, 0.6) is 0 Å². The molecule has 2 aromatic heterocycles. The van der Waals surface area contributed by atoms with Gasteiger partial charge in [0.05, 0.1) is 11.6 Å². The summed E-state index contributed by atoms with van der Waals surface area (Å²) in [4.78, 5) is 4.36. The smallest absolute Gasteiger partial charge is 0.159 e. The molecule has 16 heavy (non-hydrogen) atoms. The number of fused-ring (bicyclic) bond motifs is 1. The number of hydrogen-bond donors (Lipinski definition) is 0. The second-order valence-corrected chi connectivity index (χ2v) is 4.63. The molecule has 0 N–H and O–H groups in total. The van der Waals surface area contributed by atoms with E-state index in [0.717, 1.165) is 11.2 Å². The van der Waals surface area contributed by atoms with Crippen LogP contribution in [0.15, 0.2) is 18.5 Å². The molecular formula is C12H14ClN3. The fourth-order valence-corrected chi connectivity index (χ4v) is 2.86. The van der Waals surface area contributed by atoms with E-state index in [4.69, 9.17) is 11.6 Å². The van der Waals surface area contributed by atoms with E-state index in [1.165, 1.54) is 31.4 Å². The molecule has 0 saturated heterocycles. The van der Waals surface area contributed by atoms with Gasteiger partial charge in [-0.05, 0) is 18.9 Å². The molecule has 3 nitrogen and oxygen atoms in total. The highest BCUT2D eigenvalue weighted by molar-refractivity contribution is 6.17. The van der Waals surface area contributed by atoms with Crippen molar-refractivity contribution in [3.8, 4) is 0 Å². The molecule has 1 aliphatic rings. The van der Waals surface area contributed by atoms with E-state index in [0.29, 0.717) is 11.8 Å². The average molecular weight is 236 g/mol. The normalized spacial score (nSPS) is 17.3. The summed E-state index contributed by atoms with van der Waals surface area (Å²) in [6.07, 6.45) is 8.85. The standard InChI is InChI=1S/C12H14ClN3/c13-8-10-11(9-4-1-2-5-9)15-16-7-3-6-14-12(10)16/h3,6-7,9H,1-2,4-5,8H2. The van der Waals surface area contributed by atoms with E-state index < -0.39 is 0 Å². The first kappa shape index (κ1) is 10.1. The number of hydrogen-bond acceptors (Lipinski definition) is 2. The molecule has 3 rings (SSSR count). The third kappa shape index (κ3) is 1.50. The molecule has 0 aliphatic heterocycles. The number of nitrogens with zero attached hydrogens (tertiary/aromatic N) is 3. The van der Waals surface area contributed by atoms with Gasteiger partial charge in [0.2, 0.25) is 0 Å². The maximum absolute atomic E-state index is 6.04. The van der Waals surface area contributed by atoms with Crippen LogP contribution in [-0.2, 0) is 5.88 Å². The van der Waals surface area contributed by atoms with Crippen molar-refractivity contribution in [3.63, 3.8) is 0 Å². The summed E-state index contributed by atoms with van der Waals surface area (Å²) in [5, 5.41) is 4.64. The largest absolute Gasteiger partial charge is 0.237 e. The van der Waals surface area contributed by atoms with Gasteiger partial charge in [0.25, 0.3) is 0 Å². The van der Waals surface area contributed by atoms with Crippen LogP contribution in [0, 0.1) is 0 Å². The lowest BCUT2D eigenvalue weighted by atomic mass is 10.0. The topological polar surface area (TPSA) is 30.2 Å². The Kier molecular flexibility index (Phi) is 2.56. The fourth-order valence-electron chi connectivity index (χ4n) is 2.61. The highest BCUT2D eigenvalue weighted by atomic mass is 35.5. The van der Waals surface area contributed by atoms with Gasteiger partial charge < -0.3 is 0 Å². The quantitative estimate of drug-likeness (QED) is 0.749. The van der Waals surface area contributed by atoms with Gasteiger partial charge in [-0.3, -0.25) is 0 Å². The van der Waals surface area contributed by atoms with Gasteiger partial charge in [0.15, 0.2) is 5.65 Å². The fraction of sp³-hybridized carbons (Fsp3) is 0.500. The molecule has 0 bridgehead atoms. The number of alkyl halides is 1. The number of rotatable bonds is 2. The van der Waals surface area contributed by atoms with E-state index in [1.807, 2.05) is 16.8 Å². The van der Waals surface area contributed by atoms with Crippen molar-refractivity contribution in [1.82, 2.24) is 14.6 Å². The monoisotopic (exact) mass is 235 g/mol. The molecule has 1 fully saturated rings. The minimum atomic E-state index is 0.506. The van der Waals surface area contributed by atoms with Gasteiger partial charge in [-0.15, -0.1) is 11.6 Å². The van der Waals surface area contributed by atoms with Crippen molar-refractivity contribution < 1.29 is 0 Å². The predicted octanol–water partition coefficient (Wildman–Crippen LogP) is 3.13. The van der Waals surface area contributed by atoms with Gasteiger partial charge in [-0.1, -0.05) is 12.8 Å². The van der Waals surface area contributed by atoms with Crippen molar-refractivity contribution in [2.75, 3.05) is 0 Å². The summed E-state index contributed by atoms with van der Waals surface area (Å²) in [6, 6.07) is 1.90. The molecule has 0 amide bonds. The first-order valence-electron chi connectivity index (χ1n) is 5.78. The zero-order chi connectivity index (χ0) is 11.0. The Labute approximate surface area is 99.4 Å². The van der Waals surface area contributed by atoms with Crippen LogP contribution in [0.1, 0.15) is 42.9 Å². The molecule has 84 valence electrons. The van der Waals surface area contributed by atoms with Crippen molar-refractivity contribution in [3.05, 3.63) is 29.7 Å². The molecule has 0 aromatic carbocycles. The lowest BCUT2D eigenvalue weighted by Gasteiger charge is -2.05. The first-order chi connectivity index (χ1) is 7.90. The Morgan fingerprint density at radius 2 is 2.19 bits per heavy atom. The predicted molar refractivity (Wildman–Crippen MR) is 63.8 cm³/mol. The van der Waals surface area contributed by atoms with Gasteiger partial charge >= 0.3 is 0 Å². The highest BCUT2D eigenvalue weighted by Gasteiger charge is 2.24. The van der Waals surface area contributed by atoms with Crippen LogP contribution >= 0.6 is 11.6 Å². The SMILES string of the molecule is ClCc1c(C2CCCC2)nn2cccnc12. The Morgan fingerprint density at radius 3 is 2.94 bits per heavy atom. The second kappa shape index (κ2) is 4.06. The minimum absolute atomic E-state index is 0.506. The summed E-state index contributed by atoms with van der Waals surface area (Å²) in [7, 11) is 0. The maximum Gasteiger partial charge on any atom is 0.159 e. The molecule has 2 heterocycles. The van der Waals surface area contributed by atoms with E-state index >= 15 is 0 Å². The lowest BCUT2D eigenvalue weighted by molar-refractivity contribution is 0.680. The Balaban J connectivity index is 2.15. The molecule has 1 aliphatic carbocycles. The highest BCUT2D eigenvalue weighted by Crippen LogP contribution is 2.36. The van der Waals surface area contributed by atoms with Crippen molar-refractivity contribution in [2.24, 2.45) is 0 Å². The van der Waals surface area contributed by atoms with E-state index in [-0.39, 0.29) is 0 Å². The summed E-state index contributed by atoms with van der Waals surface area (Å²) in [5.74, 6) is 1.10. The number of aromatic nitrogens is 3. The van der Waals surface area contributed by atoms with Gasteiger partial charge in [-0.2, -0.15) is 5.10 Å². The maximum atomic E-state index is 6.04. The van der Waals surface area contributed by atoms with E-state index in [9.17, 15) is 0 Å². The van der Waals surface area contributed by atoms with Crippen molar-refractivity contribution >= 4 is 17.2 Å². The van der Waals surface area contributed by atoms with Crippen LogP contribution in [-0.4, -0.2) is 14.6 Å². The molecule has 0 unspecified atom stereocenters. The Morgan fingerprint density at radius 1 is 1.38 bits per heavy atom. The molecule has 4 heteroatoms. The summed E-state index contributed by atoms with van der Waals surface area (Å²) < 4.78 is 1.85. The molecule has 0 radical (unpaired) electrons. The molecule has 2 aromatic rings. The summed E-state index contributed by atoms with van der Waals surface area (Å²) in [6.45, 7) is 0. The summed E-state index contributed by atoms with van der Waals surface area (Å²) >= 11 is 6.04. The zero-order valence-electron chi connectivity index (χ0n) is 9.06. The molecule has 1 saturated carbocycles. The third-order valence-electron chi connectivity index (χ3n) is 3.40. The lowest BCUT2D eigenvalue weighted by Crippen LogP contribution is -1.96. The number of halogens is 1. The van der Waals surface area contributed by atoms with E-state index in [2.05, 4.69) is 10.1 Å². The van der Waals surface area contributed by atoms with Crippen molar-refractivity contribution in [2.45, 2.75) is 37.5 Å². The summed E-state index contributed by atoms with van der Waals surface area (Å²) in [5.41, 5.74) is 3.21. The van der Waals surface area contributed by atoms with Crippen LogP contribution in [0.25, 0.3) is 5.65 Å². The van der Waals surface area contributed by atoms with Gasteiger partial charge in [-0.25, -0.2) is 9.50 Å². The van der Waals surface area contributed by atoms with Crippen molar-refractivity contribution in [1.29, 1.82) is 0 Å². The van der Waals surface area contributed by atoms with Gasteiger partial charge in [0, 0.05) is 23.9 Å². The molecule has 0 spiro atoms. The van der Waals surface area contributed by atoms with Crippen LogP contribution in [0.3, 0.4) is 0 Å². The molecule has 0 atom stereocenters. The van der Waals surface area contributed by atoms with Gasteiger partial charge in [0.1, 0.15) is 0 Å². The van der Waals surface area contributed by atoms with Crippen LogP contribution in [0.2, 0.25) is 0 Å². The van der Waals surface area contributed by atoms with Crippen LogP contribution < -0.4 is 0 Å². The Bertz CT molecular complexity index is 500. The zero-order valence-corrected chi connectivity index (χ0v) is 9.82. The molecular weight excluding hydrogens is 222 g/mol. The second-order valence-electron chi connectivity index (χ2n) is 4.37.